The minimum Gasteiger partial charge on any atom is -0.361 e. The van der Waals surface area contributed by atoms with Gasteiger partial charge in [0.05, 0.1) is 28.0 Å². The first-order valence-electron chi connectivity index (χ1n) is 12.1. The number of aryl methyl sites for hydroxylation is 1. The average Bonchev–Trinajstić information content (AvgIpc) is 3.72. The van der Waals surface area contributed by atoms with E-state index in [0.29, 0.717) is 29.3 Å². The largest absolute Gasteiger partial charge is 0.361 e. The number of rotatable bonds is 8. The van der Waals surface area contributed by atoms with Gasteiger partial charge in [0.2, 0.25) is 10.0 Å². The van der Waals surface area contributed by atoms with Crippen molar-refractivity contribution in [3.8, 4) is 11.4 Å². The third-order valence-electron chi connectivity index (χ3n) is 6.63. The van der Waals surface area contributed by atoms with Gasteiger partial charge in [-0.2, -0.15) is 0 Å². The smallest absolute Gasteiger partial charge is 0.295 e. The second kappa shape index (κ2) is 9.60. The van der Waals surface area contributed by atoms with Crippen molar-refractivity contribution in [3.63, 3.8) is 0 Å². The van der Waals surface area contributed by atoms with E-state index in [0.717, 1.165) is 35.4 Å². The van der Waals surface area contributed by atoms with Crippen LogP contribution in [-0.4, -0.2) is 37.9 Å². The Kier molecular flexibility index (Phi) is 6.46. The van der Waals surface area contributed by atoms with Crippen molar-refractivity contribution in [1.82, 2.24) is 29.5 Å². The molecule has 0 amide bonds. The van der Waals surface area contributed by atoms with Crippen LogP contribution in [0, 0.1) is 6.92 Å². The van der Waals surface area contributed by atoms with Crippen LogP contribution in [0.25, 0.3) is 22.6 Å². The molecule has 37 heavy (non-hydrogen) atoms. The van der Waals surface area contributed by atoms with Gasteiger partial charge in [-0.25, -0.2) is 38.5 Å². The number of nitrogens with zero attached hydrogens (tertiary/aromatic N) is 6. The van der Waals surface area contributed by atoms with Crippen molar-refractivity contribution in [2.24, 2.45) is 5.14 Å². The molecule has 1 unspecified atom stereocenters. The lowest BCUT2D eigenvalue weighted by molar-refractivity contribution is 0.526. The molecule has 3 heterocycles. The summed E-state index contributed by atoms with van der Waals surface area (Å²) in [5.74, 6) is 1.04. The molecule has 3 N–H and O–H groups in total. The van der Waals surface area contributed by atoms with Crippen LogP contribution in [0.2, 0.25) is 0 Å². The normalized spacial score (nSPS) is 14.6. The van der Waals surface area contributed by atoms with Crippen molar-refractivity contribution >= 4 is 27.0 Å². The van der Waals surface area contributed by atoms with Crippen LogP contribution in [-0.2, 0) is 16.6 Å². The van der Waals surface area contributed by atoms with Gasteiger partial charge in [-0.05, 0) is 50.8 Å². The maximum Gasteiger partial charge on any atom is 0.295 e. The number of hydrogen-bond acceptors (Lipinski definition) is 9. The second-order valence-corrected chi connectivity index (χ2v) is 10.9. The summed E-state index contributed by atoms with van der Waals surface area (Å²) in [5, 5.41) is 8.25. The molecular formula is C25H28N8O3S. The summed E-state index contributed by atoms with van der Waals surface area (Å²) in [6.07, 6.45) is 6.08. The van der Waals surface area contributed by atoms with E-state index in [-0.39, 0.29) is 28.9 Å². The van der Waals surface area contributed by atoms with Gasteiger partial charge in [0, 0.05) is 18.5 Å². The fourth-order valence-corrected chi connectivity index (χ4v) is 4.76. The molecule has 3 aromatic heterocycles. The van der Waals surface area contributed by atoms with Gasteiger partial charge in [-0.1, -0.05) is 19.1 Å². The van der Waals surface area contributed by atoms with E-state index in [1.165, 1.54) is 12.1 Å². The molecule has 12 heteroatoms. The zero-order chi connectivity index (χ0) is 26.3. The molecule has 1 atom stereocenters. The molecule has 1 fully saturated rings. The maximum absolute atomic E-state index is 13.5. The Balaban J connectivity index is 1.55. The van der Waals surface area contributed by atoms with E-state index < -0.39 is 10.0 Å². The Bertz CT molecular complexity index is 1650. The third kappa shape index (κ3) is 4.94. The fraction of sp³-hybridized carbons (Fsp3) is 0.360. The topological polar surface area (TPSA) is 159 Å². The van der Waals surface area contributed by atoms with E-state index in [4.69, 9.17) is 10.1 Å². The molecule has 1 saturated carbocycles. The van der Waals surface area contributed by atoms with E-state index in [2.05, 4.69) is 25.3 Å². The van der Waals surface area contributed by atoms with Crippen LogP contribution in [0.15, 0.2) is 46.5 Å². The van der Waals surface area contributed by atoms with Gasteiger partial charge in [-0.15, -0.1) is 0 Å². The summed E-state index contributed by atoms with van der Waals surface area (Å²) in [6.45, 7) is 6.15. The van der Waals surface area contributed by atoms with Crippen LogP contribution < -0.4 is 16.0 Å². The summed E-state index contributed by atoms with van der Waals surface area (Å²) in [5.41, 5.74) is 3.98. The number of anilines is 1. The zero-order valence-corrected chi connectivity index (χ0v) is 21.7. The number of nitrogens with one attached hydrogen (secondary N) is 1. The molecule has 1 aromatic carbocycles. The Morgan fingerprint density at radius 3 is 2.51 bits per heavy atom. The standard InChI is InChI=1S/C25H28N8O3S/c1-4-14(2)33-24-19(12-28-22(32-24)20-15(3)29-13-30-21(20)17-7-8-17)31-23(25(33)34)27-11-16-5-9-18(10-6-16)37(26,35)36/h5-6,9-10,12-14,17H,4,7-8,11H2,1-3H3,(H,27,31)(H2,26,35,36). The van der Waals surface area contributed by atoms with Gasteiger partial charge in [0.1, 0.15) is 11.8 Å². The van der Waals surface area contributed by atoms with Crippen LogP contribution in [0.1, 0.15) is 62.0 Å². The molecule has 1 aliphatic carbocycles. The highest BCUT2D eigenvalue weighted by Gasteiger charge is 2.30. The van der Waals surface area contributed by atoms with E-state index in [9.17, 15) is 13.2 Å². The van der Waals surface area contributed by atoms with E-state index >= 15 is 0 Å². The minimum absolute atomic E-state index is 0.0241. The first-order chi connectivity index (χ1) is 17.7. The molecule has 0 saturated heterocycles. The highest BCUT2D eigenvalue weighted by Crippen LogP contribution is 2.43. The molecule has 0 spiro atoms. The maximum atomic E-state index is 13.5. The lowest BCUT2D eigenvalue weighted by Crippen LogP contribution is -2.28. The van der Waals surface area contributed by atoms with Crippen molar-refractivity contribution in [3.05, 3.63) is 64.1 Å². The zero-order valence-electron chi connectivity index (χ0n) is 20.8. The summed E-state index contributed by atoms with van der Waals surface area (Å²) in [4.78, 5) is 36.4. The summed E-state index contributed by atoms with van der Waals surface area (Å²) < 4.78 is 24.6. The molecule has 192 valence electrons. The first kappa shape index (κ1) is 24.9. The summed E-state index contributed by atoms with van der Waals surface area (Å²) >= 11 is 0. The monoisotopic (exact) mass is 520 g/mol. The van der Waals surface area contributed by atoms with Gasteiger partial charge in [0.15, 0.2) is 17.3 Å². The molecule has 11 nitrogen and oxygen atoms in total. The van der Waals surface area contributed by atoms with Crippen LogP contribution in [0.5, 0.6) is 0 Å². The number of aromatic nitrogens is 6. The van der Waals surface area contributed by atoms with Crippen LogP contribution in [0.3, 0.4) is 0 Å². The molecule has 0 aliphatic heterocycles. The molecular weight excluding hydrogens is 492 g/mol. The number of primary sulfonamides is 1. The number of sulfonamides is 1. The van der Waals surface area contributed by atoms with Gasteiger partial charge >= 0.3 is 0 Å². The van der Waals surface area contributed by atoms with Crippen molar-refractivity contribution in [2.75, 3.05) is 5.32 Å². The number of benzene rings is 1. The number of fused-ring (bicyclic) bond motifs is 1. The predicted octanol–water partition coefficient (Wildman–Crippen LogP) is 3.06. The molecule has 0 bridgehead atoms. The third-order valence-corrected chi connectivity index (χ3v) is 7.56. The van der Waals surface area contributed by atoms with Crippen LogP contribution in [0.4, 0.5) is 5.82 Å². The van der Waals surface area contributed by atoms with Crippen LogP contribution >= 0.6 is 0 Å². The first-order valence-corrected chi connectivity index (χ1v) is 13.7. The minimum atomic E-state index is -3.77. The predicted molar refractivity (Wildman–Crippen MR) is 139 cm³/mol. The van der Waals surface area contributed by atoms with Gasteiger partial charge in [0.25, 0.3) is 5.56 Å². The second-order valence-electron chi connectivity index (χ2n) is 9.33. The van der Waals surface area contributed by atoms with Gasteiger partial charge < -0.3 is 5.32 Å². The van der Waals surface area contributed by atoms with Crippen molar-refractivity contribution in [2.45, 2.75) is 63.4 Å². The summed E-state index contributed by atoms with van der Waals surface area (Å²) in [6, 6.07) is 6.00. The fourth-order valence-electron chi connectivity index (χ4n) is 4.25. The Morgan fingerprint density at radius 2 is 1.86 bits per heavy atom. The van der Waals surface area contributed by atoms with E-state index in [1.54, 1.807) is 29.2 Å². The molecule has 4 aromatic rings. The van der Waals surface area contributed by atoms with Crippen molar-refractivity contribution in [1.29, 1.82) is 0 Å². The highest BCUT2D eigenvalue weighted by atomic mass is 32.2. The Hall–Kier alpha value is -3.77. The van der Waals surface area contributed by atoms with Gasteiger partial charge in [-0.3, -0.25) is 9.36 Å². The lowest BCUT2D eigenvalue weighted by atomic mass is 10.1. The Morgan fingerprint density at radius 1 is 1.14 bits per heavy atom. The SMILES string of the molecule is CCC(C)n1c(=O)c(NCc2ccc(S(N)(=O)=O)cc2)nc2cnc(-c3c(C)ncnc3C3CC3)nc21. The highest BCUT2D eigenvalue weighted by molar-refractivity contribution is 7.89. The summed E-state index contributed by atoms with van der Waals surface area (Å²) in [7, 11) is -3.77. The lowest BCUT2D eigenvalue weighted by Gasteiger charge is -2.18. The molecule has 5 rings (SSSR count). The average molecular weight is 521 g/mol. The quantitative estimate of drug-likeness (QED) is 0.356. The Labute approximate surface area is 214 Å². The number of hydrogen-bond donors (Lipinski definition) is 2. The molecule has 0 radical (unpaired) electrons. The van der Waals surface area contributed by atoms with E-state index in [1.807, 2.05) is 20.8 Å². The number of nitrogens with two attached hydrogens (primary N) is 1. The van der Waals surface area contributed by atoms with Crippen molar-refractivity contribution < 1.29 is 8.42 Å². The molecule has 1 aliphatic rings.